The monoisotopic (exact) mass is 427 g/mol. The van der Waals surface area contributed by atoms with Gasteiger partial charge in [-0.15, -0.1) is 0 Å². The number of hydrogen-bond donors (Lipinski definition) is 5. The van der Waals surface area contributed by atoms with E-state index in [1.165, 1.54) is 16.7 Å². The van der Waals surface area contributed by atoms with E-state index in [0.29, 0.717) is 32.2 Å². The van der Waals surface area contributed by atoms with Crippen LogP contribution in [0.25, 0.3) is 0 Å². The first kappa shape index (κ1) is 23.5. The fourth-order valence-electron chi connectivity index (χ4n) is 3.81. The Bertz CT molecular complexity index is 698. The highest BCUT2D eigenvalue weighted by Crippen LogP contribution is 2.20. The van der Waals surface area contributed by atoms with Crippen molar-refractivity contribution in [2.75, 3.05) is 26.2 Å². The lowest BCUT2D eigenvalue weighted by Crippen LogP contribution is -2.58. The maximum Gasteiger partial charge on any atom is 0.326 e. The predicted octanol–water partition coefficient (Wildman–Crippen LogP) is -3.01. The second-order valence-electron chi connectivity index (χ2n) is 7.48. The summed E-state index contributed by atoms with van der Waals surface area (Å²) in [6, 6.07) is -2.98. The molecule has 12 heteroatoms. The van der Waals surface area contributed by atoms with E-state index in [0.717, 1.165) is 0 Å². The highest BCUT2D eigenvalue weighted by atomic mass is 16.4. The van der Waals surface area contributed by atoms with Crippen molar-refractivity contribution in [2.45, 2.75) is 56.8 Å². The molecule has 2 aliphatic rings. The van der Waals surface area contributed by atoms with E-state index in [-0.39, 0.29) is 19.6 Å². The number of aliphatic carboxylic acids is 1. The van der Waals surface area contributed by atoms with Gasteiger partial charge in [-0.1, -0.05) is 0 Å². The van der Waals surface area contributed by atoms with Crippen molar-refractivity contribution in [1.29, 1.82) is 0 Å². The van der Waals surface area contributed by atoms with Gasteiger partial charge in [-0.2, -0.15) is 0 Å². The molecule has 0 unspecified atom stereocenters. The number of aliphatic hydroxyl groups is 1. The third-order valence-electron chi connectivity index (χ3n) is 5.36. The summed E-state index contributed by atoms with van der Waals surface area (Å²) in [5.74, 6) is -3.35. The maximum atomic E-state index is 12.8. The molecule has 0 saturated carbocycles. The Balaban J connectivity index is 1.97. The molecule has 168 valence electrons. The van der Waals surface area contributed by atoms with Crippen molar-refractivity contribution < 1.29 is 34.2 Å². The lowest BCUT2D eigenvalue weighted by atomic mass is 10.1. The molecule has 0 aromatic rings. The van der Waals surface area contributed by atoms with Crippen molar-refractivity contribution >= 4 is 29.6 Å². The van der Waals surface area contributed by atoms with Crippen molar-refractivity contribution in [1.82, 2.24) is 20.4 Å². The lowest BCUT2D eigenvalue weighted by Gasteiger charge is -2.30. The number of nitrogens with two attached hydrogens (primary N) is 1. The van der Waals surface area contributed by atoms with Gasteiger partial charge in [-0.3, -0.25) is 19.2 Å². The van der Waals surface area contributed by atoms with E-state index in [4.69, 9.17) is 5.73 Å². The third kappa shape index (κ3) is 5.45. The number of carbonyl (C=O) groups excluding carboxylic acids is 4. The average molecular weight is 427 g/mol. The molecule has 0 radical (unpaired) electrons. The third-order valence-corrected chi connectivity index (χ3v) is 5.36. The van der Waals surface area contributed by atoms with Crippen molar-refractivity contribution in [3.05, 3.63) is 0 Å². The highest BCUT2D eigenvalue weighted by molar-refractivity contribution is 5.94. The molecule has 12 nitrogen and oxygen atoms in total. The molecule has 2 saturated heterocycles. The van der Waals surface area contributed by atoms with Crippen LogP contribution in [-0.2, 0) is 24.0 Å². The number of aliphatic hydroxyl groups excluding tert-OH is 1. The van der Waals surface area contributed by atoms with Gasteiger partial charge in [0.1, 0.15) is 18.1 Å². The predicted molar refractivity (Wildman–Crippen MR) is 103 cm³/mol. The zero-order valence-corrected chi connectivity index (χ0v) is 16.9. The van der Waals surface area contributed by atoms with E-state index in [1.807, 2.05) is 0 Å². The van der Waals surface area contributed by atoms with E-state index < -0.39 is 53.8 Å². The first-order valence-corrected chi connectivity index (χ1v) is 9.95. The van der Waals surface area contributed by atoms with Crippen LogP contribution in [0.15, 0.2) is 0 Å². The number of carbonyl (C=O) groups is 5. The number of nitrogens with one attached hydrogen (secondary N) is 2. The van der Waals surface area contributed by atoms with Crippen LogP contribution >= 0.6 is 0 Å². The van der Waals surface area contributed by atoms with Gasteiger partial charge in [0.2, 0.25) is 23.6 Å². The molecular formula is C18H29N5O7. The second kappa shape index (κ2) is 10.3. The molecule has 2 rings (SSSR count). The minimum absolute atomic E-state index is 0.264. The van der Waals surface area contributed by atoms with Crippen molar-refractivity contribution in [3.63, 3.8) is 0 Å². The zero-order chi connectivity index (χ0) is 22.4. The standard InChI is InChI=1S/C18H29N5O7/c1-10(24)15(21-13(25)8-19)17(28)23-7-2-4-11(23)16(27)20-9-14(26)22-6-3-5-12(22)18(29)30/h10-12,15,24H,2-9,19H2,1H3,(H,20,27)(H,21,25)(H,29,30)/t10-,11+,12+,15+/m1/s1. The Morgan fingerprint density at radius 2 is 1.67 bits per heavy atom. The zero-order valence-electron chi connectivity index (χ0n) is 16.9. The fourth-order valence-corrected chi connectivity index (χ4v) is 3.81. The van der Waals surface area contributed by atoms with Crippen LogP contribution in [0.2, 0.25) is 0 Å². The van der Waals surface area contributed by atoms with Crippen LogP contribution in [-0.4, -0.2) is 100 Å². The maximum absolute atomic E-state index is 12.8. The molecular weight excluding hydrogens is 398 g/mol. The molecule has 2 heterocycles. The topological polar surface area (TPSA) is 182 Å². The minimum atomic E-state index is -1.24. The minimum Gasteiger partial charge on any atom is -0.480 e. The van der Waals surface area contributed by atoms with E-state index in [1.54, 1.807) is 0 Å². The highest BCUT2D eigenvalue weighted by Gasteiger charge is 2.40. The first-order chi connectivity index (χ1) is 14.2. The van der Waals surface area contributed by atoms with E-state index >= 15 is 0 Å². The molecule has 30 heavy (non-hydrogen) atoms. The number of carboxylic acid groups (broad SMARTS) is 1. The number of hydrogen-bond acceptors (Lipinski definition) is 7. The second-order valence-corrected chi connectivity index (χ2v) is 7.48. The smallest absolute Gasteiger partial charge is 0.326 e. The fraction of sp³-hybridized carbons (Fsp3) is 0.722. The summed E-state index contributed by atoms with van der Waals surface area (Å²) in [4.78, 5) is 63.0. The Morgan fingerprint density at radius 1 is 1.07 bits per heavy atom. The van der Waals surface area contributed by atoms with Crippen LogP contribution in [0.4, 0.5) is 0 Å². The average Bonchev–Trinajstić information content (AvgIpc) is 3.38. The van der Waals surface area contributed by atoms with Gasteiger partial charge in [0.05, 0.1) is 19.2 Å². The summed E-state index contributed by atoms with van der Waals surface area (Å²) in [6.45, 7) is 1.20. The molecule has 0 aliphatic carbocycles. The van der Waals surface area contributed by atoms with Crippen molar-refractivity contribution in [2.24, 2.45) is 5.73 Å². The molecule has 4 atom stereocenters. The van der Waals surface area contributed by atoms with Crippen LogP contribution in [0.1, 0.15) is 32.6 Å². The van der Waals surface area contributed by atoms with Gasteiger partial charge in [0.25, 0.3) is 0 Å². The van der Waals surface area contributed by atoms with E-state index in [9.17, 15) is 34.2 Å². The number of carboxylic acids is 1. The summed E-state index contributed by atoms with van der Waals surface area (Å²) in [7, 11) is 0. The summed E-state index contributed by atoms with van der Waals surface area (Å²) < 4.78 is 0. The molecule has 0 aromatic heterocycles. The van der Waals surface area contributed by atoms with Gasteiger partial charge < -0.3 is 36.4 Å². The lowest BCUT2D eigenvalue weighted by molar-refractivity contribution is -0.148. The number of likely N-dealkylation sites (tertiary alicyclic amines) is 2. The Morgan fingerprint density at radius 3 is 2.23 bits per heavy atom. The van der Waals surface area contributed by atoms with Crippen LogP contribution in [0.5, 0.6) is 0 Å². The Kier molecular flexibility index (Phi) is 8.12. The molecule has 4 amide bonds. The van der Waals surface area contributed by atoms with Crippen LogP contribution < -0.4 is 16.4 Å². The van der Waals surface area contributed by atoms with Gasteiger partial charge in [-0.05, 0) is 32.6 Å². The van der Waals surface area contributed by atoms with Crippen LogP contribution in [0, 0.1) is 0 Å². The quantitative estimate of drug-likeness (QED) is 0.271. The van der Waals surface area contributed by atoms with E-state index in [2.05, 4.69) is 10.6 Å². The molecule has 2 fully saturated rings. The summed E-state index contributed by atoms with van der Waals surface area (Å²) in [5.41, 5.74) is 5.24. The first-order valence-electron chi connectivity index (χ1n) is 9.95. The van der Waals surface area contributed by atoms with Crippen LogP contribution in [0.3, 0.4) is 0 Å². The normalized spacial score (nSPS) is 23.0. The molecule has 0 spiro atoms. The SMILES string of the molecule is C[C@@H](O)[C@H](NC(=O)CN)C(=O)N1CCC[C@H]1C(=O)NCC(=O)N1CCC[C@H]1C(=O)O. The molecule has 0 aromatic carbocycles. The largest absolute Gasteiger partial charge is 0.480 e. The molecule has 2 aliphatic heterocycles. The Hall–Kier alpha value is -2.73. The van der Waals surface area contributed by atoms with Gasteiger partial charge in [0.15, 0.2) is 0 Å². The summed E-state index contributed by atoms with van der Waals surface area (Å²) >= 11 is 0. The van der Waals surface area contributed by atoms with Gasteiger partial charge in [-0.25, -0.2) is 4.79 Å². The van der Waals surface area contributed by atoms with Gasteiger partial charge >= 0.3 is 5.97 Å². The number of nitrogens with zero attached hydrogens (tertiary/aromatic N) is 2. The summed E-state index contributed by atoms with van der Waals surface area (Å²) in [6.07, 6.45) is 0.667. The van der Waals surface area contributed by atoms with Crippen molar-refractivity contribution in [3.8, 4) is 0 Å². The van der Waals surface area contributed by atoms with Gasteiger partial charge in [0, 0.05) is 13.1 Å². The Labute approximate surface area is 173 Å². The molecule has 0 bridgehead atoms. The number of rotatable bonds is 8. The summed E-state index contributed by atoms with van der Waals surface area (Å²) in [5, 5.41) is 23.9. The molecule has 6 N–H and O–H groups in total. The number of amides is 4.